The molecule has 1 aromatic heterocycles. The van der Waals surface area contributed by atoms with Crippen molar-refractivity contribution >= 4 is 27.0 Å². The third kappa shape index (κ3) is 2.74. The number of hydrogen-bond donors (Lipinski definition) is 0. The van der Waals surface area contributed by atoms with E-state index in [1.165, 1.54) is 0 Å². The van der Waals surface area contributed by atoms with E-state index >= 15 is 0 Å². The summed E-state index contributed by atoms with van der Waals surface area (Å²) in [5.41, 5.74) is 1.85. The van der Waals surface area contributed by atoms with Crippen LogP contribution in [-0.2, 0) is 18.4 Å². The van der Waals surface area contributed by atoms with Crippen LogP contribution in [0.4, 0.5) is 0 Å². The van der Waals surface area contributed by atoms with Crippen molar-refractivity contribution in [3.63, 3.8) is 0 Å². The van der Waals surface area contributed by atoms with Gasteiger partial charge in [0.05, 0.1) is 9.99 Å². The SMILES string of the molecule is CCCCOCc1nc2c3c(c(Br)cc2n1C)OCCO3. The maximum Gasteiger partial charge on any atom is 0.190 e. The van der Waals surface area contributed by atoms with E-state index in [2.05, 4.69) is 27.8 Å². The van der Waals surface area contributed by atoms with Crippen LogP contribution in [0, 0.1) is 0 Å². The molecular weight excluding hydrogens is 336 g/mol. The summed E-state index contributed by atoms with van der Waals surface area (Å²) >= 11 is 3.54. The van der Waals surface area contributed by atoms with Gasteiger partial charge in [0.25, 0.3) is 0 Å². The van der Waals surface area contributed by atoms with Gasteiger partial charge in [-0.3, -0.25) is 0 Å². The van der Waals surface area contributed by atoms with Gasteiger partial charge < -0.3 is 18.8 Å². The third-order valence-corrected chi connectivity index (χ3v) is 4.17. The van der Waals surface area contributed by atoms with Crippen LogP contribution in [-0.4, -0.2) is 29.4 Å². The first-order valence-electron chi connectivity index (χ1n) is 7.23. The molecule has 6 heteroatoms. The van der Waals surface area contributed by atoms with Gasteiger partial charge in [-0.2, -0.15) is 0 Å². The van der Waals surface area contributed by atoms with E-state index in [4.69, 9.17) is 14.2 Å². The Hall–Kier alpha value is -1.27. The summed E-state index contributed by atoms with van der Waals surface area (Å²) in [7, 11) is 2.00. The molecule has 5 nitrogen and oxygen atoms in total. The van der Waals surface area contributed by atoms with Gasteiger partial charge in [0.2, 0.25) is 0 Å². The average molecular weight is 355 g/mol. The predicted molar refractivity (Wildman–Crippen MR) is 84.0 cm³/mol. The van der Waals surface area contributed by atoms with Crippen molar-refractivity contribution in [2.24, 2.45) is 7.05 Å². The average Bonchev–Trinajstić information content (AvgIpc) is 2.81. The first kappa shape index (κ1) is 14.7. The van der Waals surface area contributed by atoms with Gasteiger partial charge in [0.15, 0.2) is 11.5 Å². The number of aromatic nitrogens is 2. The maximum absolute atomic E-state index is 5.76. The Morgan fingerprint density at radius 1 is 1.33 bits per heavy atom. The zero-order valence-corrected chi connectivity index (χ0v) is 13.9. The Morgan fingerprint density at radius 2 is 2.10 bits per heavy atom. The highest BCUT2D eigenvalue weighted by molar-refractivity contribution is 9.10. The van der Waals surface area contributed by atoms with Crippen molar-refractivity contribution in [1.29, 1.82) is 0 Å². The van der Waals surface area contributed by atoms with Crippen LogP contribution >= 0.6 is 15.9 Å². The predicted octanol–water partition coefficient (Wildman–Crippen LogP) is 3.42. The van der Waals surface area contributed by atoms with Crippen molar-refractivity contribution in [2.75, 3.05) is 19.8 Å². The number of halogens is 1. The minimum absolute atomic E-state index is 0.512. The molecule has 0 atom stereocenters. The van der Waals surface area contributed by atoms with Gasteiger partial charge in [0, 0.05) is 13.7 Å². The molecule has 3 rings (SSSR count). The molecule has 0 radical (unpaired) electrons. The molecule has 1 aromatic carbocycles. The number of imidazole rings is 1. The molecule has 0 spiro atoms. The summed E-state index contributed by atoms with van der Waals surface area (Å²) in [6, 6.07) is 2.02. The summed E-state index contributed by atoms with van der Waals surface area (Å²) in [5, 5.41) is 0. The fourth-order valence-corrected chi connectivity index (χ4v) is 2.90. The Balaban J connectivity index is 1.95. The van der Waals surface area contributed by atoms with Gasteiger partial charge in [-0.05, 0) is 28.4 Å². The second kappa shape index (κ2) is 6.23. The van der Waals surface area contributed by atoms with Crippen molar-refractivity contribution in [3.05, 3.63) is 16.4 Å². The Labute approximate surface area is 132 Å². The summed E-state index contributed by atoms with van der Waals surface area (Å²) < 4.78 is 20.0. The molecule has 21 heavy (non-hydrogen) atoms. The minimum Gasteiger partial charge on any atom is -0.485 e. The molecule has 1 aliphatic rings. The molecule has 0 saturated heterocycles. The lowest BCUT2D eigenvalue weighted by atomic mass is 10.2. The van der Waals surface area contributed by atoms with Crippen LogP contribution in [0.15, 0.2) is 10.5 Å². The standard InChI is InChI=1S/C15H19BrN2O3/c1-3-4-5-19-9-12-17-13-11(18(12)2)8-10(16)14-15(13)21-7-6-20-14/h8H,3-7,9H2,1-2H3. The van der Waals surface area contributed by atoms with Crippen LogP contribution in [0.1, 0.15) is 25.6 Å². The van der Waals surface area contributed by atoms with Gasteiger partial charge in [-0.25, -0.2) is 4.98 Å². The highest BCUT2D eigenvalue weighted by Gasteiger charge is 2.23. The second-order valence-corrected chi connectivity index (χ2v) is 5.93. The number of fused-ring (bicyclic) bond motifs is 3. The van der Waals surface area contributed by atoms with Gasteiger partial charge in [-0.1, -0.05) is 13.3 Å². The number of ether oxygens (including phenoxy) is 3. The zero-order valence-electron chi connectivity index (χ0n) is 12.3. The molecule has 0 N–H and O–H groups in total. The van der Waals surface area contributed by atoms with Crippen LogP contribution in [0.25, 0.3) is 11.0 Å². The molecule has 0 fully saturated rings. The van der Waals surface area contributed by atoms with Crippen LogP contribution in [0.3, 0.4) is 0 Å². The lowest BCUT2D eigenvalue weighted by molar-refractivity contribution is 0.111. The first-order valence-corrected chi connectivity index (χ1v) is 8.02. The van der Waals surface area contributed by atoms with E-state index in [1.807, 2.05) is 17.7 Å². The van der Waals surface area contributed by atoms with E-state index < -0.39 is 0 Å². The van der Waals surface area contributed by atoms with E-state index in [1.54, 1.807) is 0 Å². The number of nitrogens with zero attached hydrogens (tertiary/aromatic N) is 2. The Kier molecular flexibility index (Phi) is 4.35. The molecule has 0 amide bonds. The van der Waals surface area contributed by atoms with E-state index in [9.17, 15) is 0 Å². The van der Waals surface area contributed by atoms with Crippen LogP contribution < -0.4 is 9.47 Å². The number of rotatable bonds is 5. The molecule has 0 bridgehead atoms. The van der Waals surface area contributed by atoms with Gasteiger partial charge in [0.1, 0.15) is 31.2 Å². The number of benzene rings is 1. The fourth-order valence-electron chi connectivity index (χ4n) is 2.39. The quantitative estimate of drug-likeness (QED) is 0.771. The summed E-state index contributed by atoms with van der Waals surface area (Å²) in [5.74, 6) is 2.36. The van der Waals surface area contributed by atoms with Crippen molar-refractivity contribution in [1.82, 2.24) is 9.55 Å². The third-order valence-electron chi connectivity index (χ3n) is 3.58. The molecule has 1 aliphatic heterocycles. The first-order chi connectivity index (χ1) is 10.2. The lowest BCUT2D eigenvalue weighted by Gasteiger charge is -2.19. The Bertz CT molecular complexity index is 654. The molecule has 0 saturated carbocycles. The zero-order chi connectivity index (χ0) is 14.8. The smallest absolute Gasteiger partial charge is 0.190 e. The highest BCUT2D eigenvalue weighted by atomic mass is 79.9. The van der Waals surface area contributed by atoms with Crippen LogP contribution in [0.5, 0.6) is 11.5 Å². The fraction of sp³-hybridized carbons (Fsp3) is 0.533. The molecule has 2 heterocycles. The topological polar surface area (TPSA) is 45.5 Å². The summed E-state index contributed by atoms with van der Waals surface area (Å²) in [6.45, 7) is 4.55. The summed E-state index contributed by atoms with van der Waals surface area (Å²) in [4.78, 5) is 4.68. The highest BCUT2D eigenvalue weighted by Crippen LogP contribution is 2.43. The molecule has 2 aromatic rings. The largest absolute Gasteiger partial charge is 0.485 e. The normalized spacial score (nSPS) is 13.9. The molecule has 114 valence electrons. The minimum atomic E-state index is 0.512. The lowest BCUT2D eigenvalue weighted by Crippen LogP contribution is -2.16. The molecule has 0 unspecified atom stereocenters. The summed E-state index contributed by atoms with van der Waals surface area (Å²) in [6.07, 6.45) is 2.20. The Morgan fingerprint density at radius 3 is 2.86 bits per heavy atom. The number of unbranched alkanes of at least 4 members (excludes halogenated alkanes) is 1. The molecule has 0 aliphatic carbocycles. The van der Waals surface area contributed by atoms with Gasteiger partial charge in [-0.15, -0.1) is 0 Å². The van der Waals surface area contributed by atoms with E-state index in [-0.39, 0.29) is 0 Å². The van der Waals surface area contributed by atoms with Crippen molar-refractivity contribution < 1.29 is 14.2 Å². The van der Waals surface area contributed by atoms with E-state index in [0.29, 0.717) is 19.8 Å². The van der Waals surface area contributed by atoms with Crippen molar-refractivity contribution in [3.8, 4) is 11.5 Å². The monoisotopic (exact) mass is 354 g/mol. The second-order valence-electron chi connectivity index (χ2n) is 5.07. The number of aryl methyl sites for hydroxylation is 1. The van der Waals surface area contributed by atoms with Crippen molar-refractivity contribution in [2.45, 2.75) is 26.4 Å². The molecular formula is C15H19BrN2O3. The van der Waals surface area contributed by atoms with E-state index in [0.717, 1.165) is 52.3 Å². The number of hydrogen-bond acceptors (Lipinski definition) is 4. The maximum atomic E-state index is 5.76. The van der Waals surface area contributed by atoms with Crippen LogP contribution in [0.2, 0.25) is 0 Å². The van der Waals surface area contributed by atoms with Gasteiger partial charge >= 0.3 is 0 Å².